The monoisotopic (exact) mass is 286 g/mol. The van der Waals surface area contributed by atoms with E-state index in [9.17, 15) is 10.1 Å². The number of benzene rings is 1. The number of aryl methyl sites for hydroxylation is 2. The molecule has 0 fully saturated rings. The van der Waals surface area contributed by atoms with E-state index in [-0.39, 0.29) is 17.4 Å². The fourth-order valence-corrected chi connectivity index (χ4v) is 1.73. The van der Waals surface area contributed by atoms with Crippen LogP contribution in [-0.4, -0.2) is 15.7 Å². The van der Waals surface area contributed by atoms with Crippen LogP contribution in [0.5, 0.6) is 11.6 Å². The Balaban J connectivity index is 2.47. The molecule has 7 heteroatoms. The zero-order valence-electron chi connectivity index (χ0n) is 11.6. The second-order valence-electron chi connectivity index (χ2n) is 4.53. The van der Waals surface area contributed by atoms with E-state index in [0.29, 0.717) is 17.0 Å². The van der Waals surface area contributed by atoms with E-state index in [1.165, 1.54) is 12.1 Å². The van der Waals surface area contributed by atoms with E-state index in [1.807, 2.05) is 0 Å². The number of rotatable bonds is 4. The SMILES string of the molecule is Cc1ccc(C(=N)N)c(Oc2cc([N+](=O)[O-])ccc2C)n1. The molecule has 1 aromatic heterocycles. The maximum absolute atomic E-state index is 10.8. The lowest BCUT2D eigenvalue weighted by atomic mass is 10.2. The number of nitro benzene ring substituents is 1. The molecule has 0 aliphatic carbocycles. The third-order valence-corrected chi connectivity index (χ3v) is 2.88. The fourth-order valence-electron chi connectivity index (χ4n) is 1.73. The Morgan fingerprint density at radius 3 is 2.67 bits per heavy atom. The zero-order valence-corrected chi connectivity index (χ0v) is 11.6. The van der Waals surface area contributed by atoms with Gasteiger partial charge in [0.05, 0.1) is 16.6 Å². The van der Waals surface area contributed by atoms with Crippen molar-refractivity contribution in [3.63, 3.8) is 0 Å². The summed E-state index contributed by atoms with van der Waals surface area (Å²) in [5.41, 5.74) is 7.17. The van der Waals surface area contributed by atoms with E-state index in [2.05, 4.69) is 4.98 Å². The molecule has 3 N–H and O–H groups in total. The average Bonchev–Trinajstić information content (AvgIpc) is 2.40. The summed E-state index contributed by atoms with van der Waals surface area (Å²) in [7, 11) is 0. The highest BCUT2D eigenvalue weighted by atomic mass is 16.6. The number of nitrogens with zero attached hydrogens (tertiary/aromatic N) is 2. The molecular weight excluding hydrogens is 272 g/mol. The Kier molecular flexibility index (Phi) is 3.84. The van der Waals surface area contributed by atoms with Gasteiger partial charge in [-0.2, -0.15) is 0 Å². The Labute approximate surface area is 121 Å². The van der Waals surface area contributed by atoms with Crippen molar-refractivity contribution >= 4 is 11.5 Å². The number of nitro groups is 1. The summed E-state index contributed by atoms with van der Waals surface area (Å²) in [4.78, 5) is 14.5. The molecule has 108 valence electrons. The van der Waals surface area contributed by atoms with Crippen LogP contribution in [0, 0.1) is 29.4 Å². The third kappa shape index (κ3) is 3.14. The quantitative estimate of drug-likeness (QED) is 0.388. The van der Waals surface area contributed by atoms with Crippen molar-refractivity contribution in [2.75, 3.05) is 0 Å². The van der Waals surface area contributed by atoms with Crippen molar-refractivity contribution in [1.29, 1.82) is 5.41 Å². The standard InChI is InChI=1S/C14H14N4O3/c1-8-3-5-10(18(19)20)7-12(8)21-14-11(13(15)16)6-4-9(2)17-14/h3-7H,1-2H3,(H3,15,16). The smallest absolute Gasteiger partial charge is 0.273 e. The highest BCUT2D eigenvalue weighted by molar-refractivity contribution is 5.97. The molecule has 7 nitrogen and oxygen atoms in total. The van der Waals surface area contributed by atoms with Crippen molar-refractivity contribution in [3.05, 3.63) is 57.3 Å². The van der Waals surface area contributed by atoms with Gasteiger partial charge in [-0.25, -0.2) is 4.98 Å². The Bertz CT molecular complexity index is 728. The molecule has 2 rings (SSSR count). The number of ether oxygens (including phenoxy) is 1. The molecule has 0 saturated carbocycles. The topological polar surface area (TPSA) is 115 Å². The number of pyridine rings is 1. The lowest BCUT2D eigenvalue weighted by molar-refractivity contribution is -0.384. The van der Waals surface area contributed by atoms with Crippen LogP contribution in [0.2, 0.25) is 0 Å². The zero-order chi connectivity index (χ0) is 15.6. The first-order chi connectivity index (χ1) is 9.88. The van der Waals surface area contributed by atoms with Crippen molar-refractivity contribution in [2.45, 2.75) is 13.8 Å². The minimum atomic E-state index is -0.498. The van der Waals surface area contributed by atoms with Crippen LogP contribution in [0.15, 0.2) is 30.3 Å². The van der Waals surface area contributed by atoms with E-state index in [4.69, 9.17) is 15.9 Å². The van der Waals surface area contributed by atoms with Gasteiger partial charge in [0, 0.05) is 11.8 Å². The van der Waals surface area contributed by atoms with Crippen LogP contribution in [0.4, 0.5) is 5.69 Å². The number of hydrogen-bond donors (Lipinski definition) is 2. The second kappa shape index (κ2) is 5.58. The van der Waals surface area contributed by atoms with Crippen molar-refractivity contribution in [3.8, 4) is 11.6 Å². The summed E-state index contributed by atoms with van der Waals surface area (Å²) in [6.07, 6.45) is 0. The first-order valence-electron chi connectivity index (χ1n) is 6.13. The number of non-ortho nitro benzene ring substituents is 1. The van der Waals surface area contributed by atoms with Crippen LogP contribution >= 0.6 is 0 Å². The number of aromatic nitrogens is 1. The number of nitrogens with one attached hydrogen (secondary N) is 1. The van der Waals surface area contributed by atoms with Gasteiger partial charge in [-0.1, -0.05) is 0 Å². The van der Waals surface area contributed by atoms with Gasteiger partial charge in [0.2, 0.25) is 5.88 Å². The largest absolute Gasteiger partial charge is 0.438 e. The van der Waals surface area contributed by atoms with E-state index in [0.717, 1.165) is 5.56 Å². The van der Waals surface area contributed by atoms with Gasteiger partial charge in [-0.05, 0) is 37.6 Å². The summed E-state index contributed by atoms with van der Waals surface area (Å²) in [5, 5.41) is 18.4. The molecule has 21 heavy (non-hydrogen) atoms. The number of nitrogen functional groups attached to an aromatic ring is 1. The van der Waals surface area contributed by atoms with Crippen LogP contribution in [-0.2, 0) is 0 Å². The van der Waals surface area contributed by atoms with Crippen molar-refractivity contribution in [1.82, 2.24) is 4.98 Å². The second-order valence-corrected chi connectivity index (χ2v) is 4.53. The molecule has 0 spiro atoms. The molecular formula is C14H14N4O3. The van der Waals surface area contributed by atoms with Gasteiger partial charge in [0.1, 0.15) is 11.6 Å². The van der Waals surface area contributed by atoms with Gasteiger partial charge in [-0.15, -0.1) is 0 Å². The van der Waals surface area contributed by atoms with Crippen molar-refractivity contribution in [2.24, 2.45) is 5.73 Å². The molecule has 1 aromatic carbocycles. The van der Waals surface area contributed by atoms with Crippen molar-refractivity contribution < 1.29 is 9.66 Å². The highest BCUT2D eigenvalue weighted by Crippen LogP contribution is 2.29. The number of nitrogens with two attached hydrogens (primary N) is 1. The van der Waals surface area contributed by atoms with Gasteiger partial charge in [-0.3, -0.25) is 15.5 Å². The summed E-state index contributed by atoms with van der Waals surface area (Å²) in [6, 6.07) is 7.66. The predicted molar refractivity (Wildman–Crippen MR) is 77.9 cm³/mol. The Hall–Kier alpha value is -2.96. The minimum Gasteiger partial charge on any atom is -0.438 e. The van der Waals surface area contributed by atoms with Crippen LogP contribution < -0.4 is 10.5 Å². The molecule has 0 unspecified atom stereocenters. The lowest BCUT2D eigenvalue weighted by Gasteiger charge is -2.11. The summed E-state index contributed by atoms with van der Waals surface area (Å²) in [6.45, 7) is 3.54. The van der Waals surface area contributed by atoms with Crippen LogP contribution in [0.25, 0.3) is 0 Å². The molecule has 0 amide bonds. The van der Waals surface area contributed by atoms with Gasteiger partial charge in [0.15, 0.2) is 0 Å². The summed E-state index contributed by atoms with van der Waals surface area (Å²) in [5.74, 6) is 0.288. The first kappa shape index (κ1) is 14.4. The fraction of sp³-hybridized carbons (Fsp3) is 0.143. The third-order valence-electron chi connectivity index (χ3n) is 2.88. The van der Waals surface area contributed by atoms with E-state index < -0.39 is 4.92 Å². The summed E-state index contributed by atoms with van der Waals surface area (Å²) < 4.78 is 5.64. The normalized spacial score (nSPS) is 10.2. The molecule has 1 heterocycles. The first-order valence-corrected chi connectivity index (χ1v) is 6.13. The predicted octanol–water partition coefficient (Wildman–Crippen LogP) is 2.68. The van der Waals surface area contributed by atoms with E-state index in [1.54, 1.807) is 32.0 Å². The molecule has 0 saturated heterocycles. The molecule has 0 aliphatic rings. The molecule has 0 atom stereocenters. The Morgan fingerprint density at radius 1 is 1.33 bits per heavy atom. The van der Waals surface area contributed by atoms with Gasteiger partial charge in [0.25, 0.3) is 5.69 Å². The molecule has 0 radical (unpaired) electrons. The van der Waals surface area contributed by atoms with Crippen LogP contribution in [0.3, 0.4) is 0 Å². The molecule has 0 aliphatic heterocycles. The number of amidine groups is 1. The molecule has 2 aromatic rings. The van der Waals surface area contributed by atoms with E-state index >= 15 is 0 Å². The Morgan fingerprint density at radius 2 is 2.05 bits per heavy atom. The minimum absolute atomic E-state index is 0.0763. The van der Waals surface area contributed by atoms with Crippen LogP contribution in [0.1, 0.15) is 16.8 Å². The van der Waals surface area contributed by atoms with Gasteiger partial charge >= 0.3 is 0 Å². The maximum atomic E-state index is 10.8. The lowest BCUT2D eigenvalue weighted by Crippen LogP contribution is -2.13. The maximum Gasteiger partial charge on any atom is 0.273 e. The number of hydrogen-bond acceptors (Lipinski definition) is 5. The van der Waals surface area contributed by atoms with Gasteiger partial charge < -0.3 is 10.5 Å². The average molecular weight is 286 g/mol. The highest BCUT2D eigenvalue weighted by Gasteiger charge is 2.14. The molecule has 0 bridgehead atoms. The summed E-state index contributed by atoms with van der Waals surface area (Å²) >= 11 is 0.